The van der Waals surface area contributed by atoms with Crippen molar-refractivity contribution in [2.24, 2.45) is 0 Å². The van der Waals surface area contributed by atoms with Crippen molar-refractivity contribution < 1.29 is 9.53 Å². The van der Waals surface area contributed by atoms with Crippen LogP contribution in [0.2, 0.25) is 0 Å². The predicted octanol–water partition coefficient (Wildman–Crippen LogP) is 5.02. The van der Waals surface area contributed by atoms with Crippen molar-refractivity contribution in [3.05, 3.63) is 52.8 Å². The molecule has 1 aliphatic heterocycles. The molecule has 8 heteroatoms. The summed E-state index contributed by atoms with van der Waals surface area (Å²) in [6.45, 7) is 7.56. The normalized spacial score (nSPS) is 16.1. The lowest BCUT2D eigenvalue weighted by molar-refractivity contribution is 0.0949. The highest BCUT2D eigenvalue weighted by Gasteiger charge is 2.24. The van der Waals surface area contributed by atoms with Crippen LogP contribution >= 0.6 is 11.3 Å². The van der Waals surface area contributed by atoms with Crippen molar-refractivity contribution in [1.82, 2.24) is 20.3 Å². The zero-order valence-electron chi connectivity index (χ0n) is 18.8. The second-order valence-electron chi connectivity index (χ2n) is 7.99. The first-order chi connectivity index (χ1) is 16.1. The number of hydrogen-bond acceptors (Lipinski definition) is 7. The average molecular weight is 460 g/mol. The summed E-state index contributed by atoms with van der Waals surface area (Å²) in [5.41, 5.74) is 4.10. The quantitative estimate of drug-likeness (QED) is 0.436. The lowest BCUT2D eigenvalue weighted by Crippen LogP contribution is -2.34. The van der Waals surface area contributed by atoms with E-state index < -0.39 is 0 Å². The Kier molecular flexibility index (Phi) is 5.78. The number of nitrogens with zero attached hydrogens (tertiary/aromatic N) is 3. The minimum Gasteiger partial charge on any atom is -0.381 e. The van der Waals surface area contributed by atoms with E-state index in [9.17, 15) is 4.79 Å². The molecule has 0 spiro atoms. The van der Waals surface area contributed by atoms with E-state index in [4.69, 9.17) is 9.72 Å². The Hall–Kier alpha value is -3.36. The van der Waals surface area contributed by atoms with Gasteiger partial charge in [0.15, 0.2) is 5.82 Å². The van der Waals surface area contributed by atoms with E-state index in [2.05, 4.69) is 26.7 Å². The molecule has 2 N–H and O–H groups in total. The number of amides is 1. The monoisotopic (exact) mass is 459 g/mol. The Balaban J connectivity index is 1.63. The van der Waals surface area contributed by atoms with Crippen LogP contribution in [0.15, 0.2) is 36.4 Å². The molecule has 0 fully saturated rings. The molecule has 0 saturated carbocycles. The van der Waals surface area contributed by atoms with E-state index >= 15 is 0 Å². The molecule has 1 unspecified atom stereocenters. The second kappa shape index (κ2) is 8.88. The smallest absolute Gasteiger partial charge is 0.263 e. The largest absolute Gasteiger partial charge is 0.381 e. The number of anilines is 1. The van der Waals surface area contributed by atoms with Crippen molar-refractivity contribution in [2.45, 2.75) is 33.4 Å². The highest BCUT2D eigenvalue weighted by molar-refractivity contribution is 7.21. The van der Waals surface area contributed by atoms with Gasteiger partial charge in [-0.3, -0.25) is 4.79 Å². The third-order valence-electron chi connectivity index (χ3n) is 5.52. The fraction of sp³-hybridized carbons (Fsp3) is 0.280. The SMILES string of the molecule is CC=Cc1cc(-c2ccc3c(ccc4sc5c(c43)NCC(C)NC5=O)n2)nc(COCC)n1. The van der Waals surface area contributed by atoms with Gasteiger partial charge in [0, 0.05) is 34.7 Å². The summed E-state index contributed by atoms with van der Waals surface area (Å²) < 4.78 is 6.59. The zero-order valence-corrected chi connectivity index (χ0v) is 19.6. The molecule has 0 radical (unpaired) electrons. The molecular formula is C25H25N5O2S. The number of carbonyl (C=O) groups excluding carboxylic acids is 1. The molecule has 5 rings (SSSR count). The number of rotatable bonds is 5. The molecule has 4 aromatic rings. The Morgan fingerprint density at radius 3 is 2.88 bits per heavy atom. The van der Waals surface area contributed by atoms with Crippen LogP contribution in [0.3, 0.4) is 0 Å². The van der Waals surface area contributed by atoms with E-state index in [1.165, 1.54) is 11.3 Å². The summed E-state index contributed by atoms with van der Waals surface area (Å²) >= 11 is 1.51. The maximum absolute atomic E-state index is 12.7. The van der Waals surface area contributed by atoms with Crippen LogP contribution in [0, 0.1) is 0 Å². The van der Waals surface area contributed by atoms with E-state index in [1.807, 2.05) is 57.2 Å². The molecular weight excluding hydrogens is 434 g/mol. The Morgan fingerprint density at radius 2 is 2.06 bits per heavy atom. The van der Waals surface area contributed by atoms with Crippen LogP contribution < -0.4 is 10.6 Å². The number of pyridine rings is 1. The first kappa shape index (κ1) is 21.5. The van der Waals surface area contributed by atoms with Crippen LogP contribution in [-0.4, -0.2) is 40.1 Å². The molecule has 0 bridgehead atoms. The zero-order chi connectivity index (χ0) is 22.9. The number of benzene rings is 1. The second-order valence-corrected chi connectivity index (χ2v) is 9.05. The van der Waals surface area contributed by atoms with Gasteiger partial charge in [0.2, 0.25) is 0 Å². The first-order valence-corrected chi connectivity index (χ1v) is 11.9. The minimum absolute atomic E-state index is 0.0271. The number of carbonyl (C=O) groups is 1. The third-order valence-corrected chi connectivity index (χ3v) is 6.67. The fourth-order valence-corrected chi connectivity index (χ4v) is 5.13. The summed E-state index contributed by atoms with van der Waals surface area (Å²) in [5, 5.41) is 8.57. The van der Waals surface area contributed by atoms with Gasteiger partial charge < -0.3 is 15.4 Å². The van der Waals surface area contributed by atoms with E-state index in [0.717, 1.165) is 48.6 Å². The van der Waals surface area contributed by atoms with Gasteiger partial charge in [-0.15, -0.1) is 11.3 Å². The van der Waals surface area contributed by atoms with Gasteiger partial charge in [-0.25, -0.2) is 15.0 Å². The Labute approximate surface area is 195 Å². The highest BCUT2D eigenvalue weighted by Crippen LogP contribution is 2.41. The maximum atomic E-state index is 12.7. The lowest BCUT2D eigenvalue weighted by atomic mass is 10.1. The molecule has 7 nitrogen and oxygen atoms in total. The molecule has 1 atom stereocenters. The molecule has 3 aromatic heterocycles. The van der Waals surface area contributed by atoms with E-state index in [-0.39, 0.29) is 11.9 Å². The maximum Gasteiger partial charge on any atom is 0.263 e. The number of nitrogens with one attached hydrogen (secondary N) is 2. The van der Waals surface area contributed by atoms with Crippen LogP contribution in [0.5, 0.6) is 0 Å². The molecule has 33 heavy (non-hydrogen) atoms. The van der Waals surface area contributed by atoms with Gasteiger partial charge in [-0.2, -0.15) is 0 Å². The summed E-state index contributed by atoms with van der Waals surface area (Å²) in [6.07, 6.45) is 3.90. The summed E-state index contributed by atoms with van der Waals surface area (Å²) in [7, 11) is 0. The average Bonchev–Trinajstić information content (AvgIpc) is 3.14. The Bertz CT molecular complexity index is 1390. The molecule has 1 aliphatic rings. The van der Waals surface area contributed by atoms with Crippen molar-refractivity contribution in [3.63, 3.8) is 0 Å². The number of thiophene rings is 1. The predicted molar refractivity (Wildman–Crippen MR) is 134 cm³/mol. The summed E-state index contributed by atoms with van der Waals surface area (Å²) in [4.78, 5) is 27.6. The standard InChI is InChI=1S/C25H25N5O2S/c1-4-6-15-11-19(30-21(28-15)13-32-5-2)18-8-7-16-17(29-18)9-10-20-22(16)23-24(33-20)25(31)27-14(3)12-26-23/h4,6-11,14,26H,5,12-13H2,1-3H3,(H,27,31). The number of allylic oxidation sites excluding steroid dienone is 1. The molecule has 0 saturated heterocycles. The third kappa shape index (κ3) is 4.07. The minimum atomic E-state index is -0.0271. The number of fused-ring (bicyclic) bond motifs is 5. The van der Waals surface area contributed by atoms with Gasteiger partial charge in [0.1, 0.15) is 11.5 Å². The van der Waals surface area contributed by atoms with Gasteiger partial charge >= 0.3 is 0 Å². The molecule has 1 aromatic carbocycles. The van der Waals surface area contributed by atoms with Crippen LogP contribution in [-0.2, 0) is 11.3 Å². The summed E-state index contributed by atoms with van der Waals surface area (Å²) in [5.74, 6) is 0.605. The van der Waals surface area contributed by atoms with E-state index in [1.54, 1.807) is 0 Å². The number of ether oxygens (including phenoxy) is 1. The van der Waals surface area contributed by atoms with Crippen molar-refractivity contribution >= 4 is 50.0 Å². The number of aromatic nitrogens is 3. The van der Waals surface area contributed by atoms with E-state index in [0.29, 0.717) is 25.6 Å². The van der Waals surface area contributed by atoms with Crippen molar-refractivity contribution in [3.8, 4) is 11.4 Å². The van der Waals surface area contributed by atoms with Gasteiger partial charge in [-0.05, 0) is 57.2 Å². The summed E-state index contributed by atoms with van der Waals surface area (Å²) in [6, 6.07) is 10.1. The number of hydrogen-bond donors (Lipinski definition) is 2. The lowest BCUT2D eigenvalue weighted by Gasteiger charge is -2.10. The van der Waals surface area contributed by atoms with Crippen molar-refractivity contribution in [2.75, 3.05) is 18.5 Å². The first-order valence-electron chi connectivity index (χ1n) is 11.1. The Morgan fingerprint density at radius 1 is 1.18 bits per heavy atom. The van der Waals surface area contributed by atoms with Gasteiger partial charge in [0.05, 0.1) is 28.3 Å². The topological polar surface area (TPSA) is 89.0 Å². The fourth-order valence-electron chi connectivity index (χ4n) is 4.03. The van der Waals surface area contributed by atoms with Crippen LogP contribution in [0.4, 0.5) is 5.69 Å². The van der Waals surface area contributed by atoms with Crippen LogP contribution in [0.25, 0.3) is 38.5 Å². The highest BCUT2D eigenvalue weighted by atomic mass is 32.1. The molecule has 1 amide bonds. The molecule has 0 aliphatic carbocycles. The molecule has 168 valence electrons. The van der Waals surface area contributed by atoms with Crippen LogP contribution in [0.1, 0.15) is 42.0 Å². The van der Waals surface area contributed by atoms with Crippen molar-refractivity contribution in [1.29, 1.82) is 0 Å². The van der Waals surface area contributed by atoms with Gasteiger partial charge in [-0.1, -0.05) is 6.08 Å². The molecule has 4 heterocycles. The van der Waals surface area contributed by atoms with Gasteiger partial charge in [0.25, 0.3) is 5.91 Å².